The number of fused-ring (bicyclic) bond motifs is 1. The highest BCUT2D eigenvalue weighted by atomic mass is 16.5. The first-order valence-electron chi connectivity index (χ1n) is 8.95. The lowest BCUT2D eigenvalue weighted by atomic mass is 9.95. The van der Waals surface area contributed by atoms with E-state index in [1.54, 1.807) is 18.3 Å². The molecule has 1 atom stereocenters. The second kappa shape index (κ2) is 7.86. The standard InChI is InChI=1S/C21H20N4O2/c26-21(23-19-9-4-12-22-25-19)24-20(15-6-2-1-3-7-15)17-10-11-18-16(14-17)8-5-13-27-18/h1-4,6-7,9-12,14,20H,5,8,13H2,(H2,23,24,25,26). The van der Waals surface area contributed by atoms with Crippen molar-refractivity contribution in [2.75, 3.05) is 11.9 Å². The number of hydrogen-bond donors (Lipinski definition) is 2. The molecule has 0 aliphatic carbocycles. The van der Waals surface area contributed by atoms with Gasteiger partial charge in [0.1, 0.15) is 5.75 Å². The molecule has 0 bridgehead atoms. The Morgan fingerprint density at radius 2 is 1.93 bits per heavy atom. The Balaban J connectivity index is 1.61. The molecular formula is C21H20N4O2. The first kappa shape index (κ1) is 17.0. The van der Waals surface area contributed by atoms with Crippen LogP contribution in [-0.4, -0.2) is 22.8 Å². The van der Waals surface area contributed by atoms with Gasteiger partial charge in [0.05, 0.1) is 12.6 Å². The molecule has 6 heteroatoms. The van der Waals surface area contributed by atoms with Gasteiger partial charge < -0.3 is 10.1 Å². The van der Waals surface area contributed by atoms with Gasteiger partial charge in [-0.05, 0) is 53.8 Å². The third kappa shape index (κ3) is 4.06. The topological polar surface area (TPSA) is 76.1 Å². The van der Waals surface area contributed by atoms with Crippen LogP contribution in [0.3, 0.4) is 0 Å². The van der Waals surface area contributed by atoms with E-state index in [-0.39, 0.29) is 12.1 Å². The third-order valence-corrected chi connectivity index (χ3v) is 4.49. The molecule has 136 valence electrons. The Labute approximate surface area is 157 Å². The van der Waals surface area contributed by atoms with E-state index in [4.69, 9.17) is 4.74 Å². The smallest absolute Gasteiger partial charge is 0.321 e. The highest BCUT2D eigenvalue weighted by Crippen LogP contribution is 2.30. The predicted molar refractivity (Wildman–Crippen MR) is 103 cm³/mol. The molecule has 0 saturated heterocycles. The Hall–Kier alpha value is -3.41. The fourth-order valence-corrected chi connectivity index (χ4v) is 3.22. The largest absolute Gasteiger partial charge is 0.493 e. The SMILES string of the molecule is O=C(Nc1cccnn1)NC(c1ccccc1)c1ccc2c(c1)CCCO2. The zero-order valence-corrected chi connectivity index (χ0v) is 14.8. The molecule has 2 amide bonds. The number of ether oxygens (including phenoxy) is 1. The lowest BCUT2D eigenvalue weighted by Gasteiger charge is -2.23. The molecule has 0 radical (unpaired) electrons. The van der Waals surface area contributed by atoms with Crippen molar-refractivity contribution in [3.8, 4) is 5.75 Å². The van der Waals surface area contributed by atoms with Crippen LogP contribution in [0, 0.1) is 0 Å². The normalized spacial score (nSPS) is 13.8. The summed E-state index contributed by atoms with van der Waals surface area (Å²) in [6.45, 7) is 0.757. The number of carbonyl (C=O) groups excluding carboxylic acids is 1. The van der Waals surface area contributed by atoms with E-state index in [0.717, 1.165) is 36.3 Å². The first-order valence-corrected chi connectivity index (χ1v) is 8.95. The van der Waals surface area contributed by atoms with Crippen molar-refractivity contribution in [1.82, 2.24) is 15.5 Å². The highest BCUT2D eigenvalue weighted by Gasteiger charge is 2.20. The number of amides is 2. The molecule has 0 saturated carbocycles. The van der Waals surface area contributed by atoms with E-state index in [1.165, 1.54) is 5.56 Å². The second-order valence-electron chi connectivity index (χ2n) is 6.37. The number of hydrogen-bond acceptors (Lipinski definition) is 4. The van der Waals surface area contributed by atoms with Crippen LogP contribution in [0.2, 0.25) is 0 Å². The molecule has 0 spiro atoms. The zero-order chi connectivity index (χ0) is 18.5. The molecule has 1 aliphatic rings. The van der Waals surface area contributed by atoms with Crippen LogP contribution >= 0.6 is 0 Å². The minimum Gasteiger partial charge on any atom is -0.493 e. The number of benzene rings is 2. The summed E-state index contributed by atoms with van der Waals surface area (Å²) in [5.74, 6) is 1.33. The van der Waals surface area contributed by atoms with Crippen LogP contribution in [0.4, 0.5) is 10.6 Å². The van der Waals surface area contributed by atoms with Gasteiger partial charge in [0.25, 0.3) is 0 Å². The molecule has 4 rings (SSSR count). The average molecular weight is 360 g/mol. The number of carbonyl (C=O) groups is 1. The van der Waals surface area contributed by atoms with E-state index >= 15 is 0 Å². The fraction of sp³-hybridized carbons (Fsp3) is 0.190. The predicted octanol–water partition coefficient (Wildman–Crippen LogP) is 3.71. The molecule has 1 aromatic heterocycles. The summed E-state index contributed by atoms with van der Waals surface area (Å²) in [7, 11) is 0. The van der Waals surface area contributed by atoms with Crippen molar-refractivity contribution in [1.29, 1.82) is 0 Å². The van der Waals surface area contributed by atoms with E-state index in [1.807, 2.05) is 42.5 Å². The fourth-order valence-electron chi connectivity index (χ4n) is 3.22. The molecular weight excluding hydrogens is 340 g/mol. The number of rotatable bonds is 4. The molecule has 1 unspecified atom stereocenters. The van der Waals surface area contributed by atoms with Crippen molar-refractivity contribution in [3.63, 3.8) is 0 Å². The van der Waals surface area contributed by atoms with Gasteiger partial charge in [0.15, 0.2) is 5.82 Å². The number of aromatic nitrogens is 2. The summed E-state index contributed by atoms with van der Waals surface area (Å²) < 4.78 is 5.71. The van der Waals surface area contributed by atoms with E-state index in [9.17, 15) is 4.79 Å². The third-order valence-electron chi connectivity index (χ3n) is 4.49. The second-order valence-corrected chi connectivity index (χ2v) is 6.37. The van der Waals surface area contributed by atoms with Crippen LogP contribution in [0.25, 0.3) is 0 Å². The van der Waals surface area contributed by atoms with Gasteiger partial charge >= 0.3 is 6.03 Å². The van der Waals surface area contributed by atoms with Crippen LogP contribution in [0.5, 0.6) is 5.75 Å². The maximum Gasteiger partial charge on any atom is 0.321 e. The molecule has 3 aromatic rings. The van der Waals surface area contributed by atoms with Crippen molar-refractivity contribution in [3.05, 3.63) is 83.6 Å². The van der Waals surface area contributed by atoms with Gasteiger partial charge in [-0.25, -0.2) is 4.79 Å². The molecule has 27 heavy (non-hydrogen) atoms. The monoisotopic (exact) mass is 360 g/mol. The molecule has 1 aliphatic heterocycles. The minimum atomic E-state index is -0.335. The lowest BCUT2D eigenvalue weighted by Crippen LogP contribution is -2.33. The molecule has 0 fully saturated rings. The van der Waals surface area contributed by atoms with E-state index < -0.39 is 0 Å². The summed E-state index contributed by atoms with van der Waals surface area (Å²) in [6.07, 6.45) is 3.55. The summed E-state index contributed by atoms with van der Waals surface area (Å²) in [4.78, 5) is 12.5. The van der Waals surface area contributed by atoms with Gasteiger partial charge in [-0.15, -0.1) is 5.10 Å². The van der Waals surface area contributed by atoms with E-state index in [0.29, 0.717) is 5.82 Å². The van der Waals surface area contributed by atoms with Gasteiger partial charge in [0, 0.05) is 6.20 Å². The Morgan fingerprint density at radius 1 is 1.04 bits per heavy atom. The highest BCUT2D eigenvalue weighted by molar-refractivity contribution is 5.88. The summed E-state index contributed by atoms with van der Waals surface area (Å²) in [5, 5.41) is 13.4. The van der Waals surface area contributed by atoms with Gasteiger partial charge in [0.2, 0.25) is 0 Å². The Bertz CT molecular complexity index is 916. The zero-order valence-electron chi connectivity index (χ0n) is 14.8. The summed E-state index contributed by atoms with van der Waals surface area (Å²) in [6, 6.07) is 18.8. The summed E-state index contributed by atoms with van der Waals surface area (Å²) >= 11 is 0. The molecule has 2 N–H and O–H groups in total. The average Bonchev–Trinajstić information content (AvgIpc) is 2.73. The van der Waals surface area contributed by atoms with Gasteiger partial charge in [-0.3, -0.25) is 5.32 Å². The van der Waals surface area contributed by atoms with Crippen LogP contribution in [0.1, 0.15) is 29.2 Å². The maximum absolute atomic E-state index is 12.5. The Kier molecular flexibility index (Phi) is 4.96. The quantitative estimate of drug-likeness (QED) is 0.744. The van der Waals surface area contributed by atoms with Crippen molar-refractivity contribution in [2.24, 2.45) is 0 Å². The summed E-state index contributed by atoms with van der Waals surface area (Å²) in [5.41, 5.74) is 3.19. The molecule has 6 nitrogen and oxygen atoms in total. The Morgan fingerprint density at radius 3 is 2.74 bits per heavy atom. The number of anilines is 1. The number of aryl methyl sites for hydroxylation is 1. The first-order chi connectivity index (χ1) is 13.3. The van der Waals surface area contributed by atoms with Crippen LogP contribution in [-0.2, 0) is 6.42 Å². The maximum atomic E-state index is 12.5. The van der Waals surface area contributed by atoms with Crippen molar-refractivity contribution in [2.45, 2.75) is 18.9 Å². The molecule has 2 aromatic carbocycles. The van der Waals surface area contributed by atoms with Crippen LogP contribution in [0.15, 0.2) is 66.9 Å². The van der Waals surface area contributed by atoms with Crippen molar-refractivity contribution >= 4 is 11.8 Å². The number of nitrogens with zero attached hydrogens (tertiary/aromatic N) is 2. The number of urea groups is 1. The minimum absolute atomic E-state index is 0.282. The van der Waals surface area contributed by atoms with Gasteiger partial charge in [-0.2, -0.15) is 5.10 Å². The lowest BCUT2D eigenvalue weighted by molar-refractivity contribution is 0.250. The van der Waals surface area contributed by atoms with Crippen molar-refractivity contribution < 1.29 is 9.53 Å². The number of nitrogens with one attached hydrogen (secondary N) is 2. The van der Waals surface area contributed by atoms with Gasteiger partial charge in [-0.1, -0.05) is 36.4 Å². The van der Waals surface area contributed by atoms with E-state index in [2.05, 4.69) is 26.9 Å². The van der Waals surface area contributed by atoms with Crippen LogP contribution < -0.4 is 15.4 Å². The molecule has 2 heterocycles.